The van der Waals surface area contributed by atoms with Crippen LogP contribution in [0.4, 0.5) is 5.69 Å². The normalized spacial score (nSPS) is 21.4. The topological polar surface area (TPSA) is 58.1 Å². The summed E-state index contributed by atoms with van der Waals surface area (Å²) >= 11 is 0. The molecule has 0 aliphatic carbocycles. The van der Waals surface area contributed by atoms with Crippen LogP contribution in [0.1, 0.15) is 31.7 Å². The maximum absolute atomic E-state index is 5.69. The Morgan fingerprint density at radius 3 is 2.89 bits per heavy atom. The van der Waals surface area contributed by atoms with E-state index in [4.69, 9.17) is 9.47 Å². The van der Waals surface area contributed by atoms with E-state index in [1.807, 2.05) is 7.05 Å². The molecule has 28 heavy (non-hydrogen) atoms. The van der Waals surface area contributed by atoms with Crippen LogP contribution in [0.2, 0.25) is 0 Å². The SMILES string of the molecule is CN=C(NCCCOCC1CCCO1)NCCN1c2ccccc2CC1C.I. The second-order valence-corrected chi connectivity index (χ2v) is 7.36. The van der Waals surface area contributed by atoms with Gasteiger partial charge in [0.2, 0.25) is 0 Å². The zero-order chi connectivity index (χ0) is 18.9. The predicted molar refractivity (Wildman–Crippen MR) is 126 cm³/mol. The summed E-state index contributed by atoms with van der Waals surface area (Å²) in [6, 6.07) is 9.27. The van der Waals surface area contributed by atoms with E-state index in [0.29, 0.717) is 12.1 Å². The number of aliphatic imine (C=N–C) groups is 1. The number of anilines is 1. The van der Waals surface area contributed by atoms with Crippen molar-refractivity contribution in [2.24, 2.45) is 4.99 Å². The maximum atomic E-state index is 5.69. The minimum Gasteiger partial charge on any atom is -0.379 e. The van der Waals surface area contributed by atoms with Gasteiger partial charge in [0.05, 0.1) is 12.7 Å². The molecule has 0 amide bonds. The lowest BCUT2D eigenvalue weighted by molar-refractivity contribution is 0.0168. The molecule has 158 valence electrons. The molecule has 6 nitrogen and oxygen atoms in total. The van der Waals surface area contributed by atoms with Crippen molar-refractivity contribution in [1.29, 1.82) is 0 Å². The molecule has 0 spiro atoms. The molecule has 2 heterocycles. The van der Waals surface area contributed by atoms with E-state index in [-0.39, 0.29) is 24.0 Å². The van der Waals surface area contributed by atoms with E-state index < -0.39 is 0 Å². The van der Waals surface area contributed by atoms with Crippen molar-refractivity contribution >= 4 is 35.6 Å². The highest BCUT2D eigenvalue weighted by atomic mass is 127. The van der Waals surface area contributed by atoms with Gasteiger partial charge in [-0.15, -0.1) is 24.0 Å². The van der Waals surface area contributed by atoms with E-state index in [0.717, 1.165) is 64.7 Å². The molecule has 0 bridgehead atoms. The monoisotopic (exact) mass is 502 g/mol. The third-order valence-electron chi connectivity index (χ3n) is 5.30. The van der Waals surface area contributed by atoms with E-state index >= 15 is 0 Å². The Morgan fingerprint density at radius 1 is 1.29 bits per heavy atom. The van der Waals surface area contributed by atoms with Gasteiger partial charge in [-0.2, -0.15) is 0 Å². The lowest BCUT2D eigenvalue weighted by Gasteiger charge is -2.25. The fourth-order valence-electron chi connectivity index (χ4n) is 3.86. The average Bonchev–Trinajstić information content (AvgIpc) is 3.30. The number of nitrogens with zero attached hydrogens (tertiary/aromatic N) is 2. The number of hydrogen-bond acceptors (Lipinski definition) is 4. The molecule has 1 aromatic carbocycles. The molecule has 0 saturated carbocycles. The number of nitrogens with one attached hydrogen (secondary N) is 2. The molecule has 2 atom stereocenters. The number of benzene rings is 1. The van der Waals surface area contributed by atoms with Gasteiger partial charge in [0.1, 0.15) is 0 Å². The van der Waals surface area contributed by atoms with Gasteiger partial charge in [0.15, 0.2) is 5.96 Å². The first-order chi connectivity index (χ1) is 13.3. The fraction of sp³-hybridized carbons (Fsp3) is 0.667. The van der Waals surface area contributed by atoms with Gasteiger partial charge >= 0.3 is 0 Å². The summed E-state index contributed by atoms with van der Waals surface area (Å²) in [7, 11) is 1.82. The second-order valence-electron chi connectivity index (χ2n) is 7.36. The van der Waals surface area contributed by atoms with Gasteiger partial charge in [0, 0.05) is 51.6 Å². The van der Waals surface area contributed by atoms with E-state index in [1.165, 1.54) is 17.7 Å². The Hall–Kier alpha value is -1.06. The highest BCUT2D eigenvalue weighted by Gasteiger charge is 2.24. The summed E-state index contributed by atoms with van der Waals surface area (Å²) in [4.78, 5) is 6.79. The maximum Gasteiger partial charge on any atom is 0.191 e. The minimum atomic E-state index is 0. The van der Waals surface area contributed by atoms with Crippen LogP contribution in [-0.4, -0.2) is 64.6 Å². The number of rotatable bonds is 9. The summed E-state index contributed by atoms with van der Waals surface area (Å²) in [5.41, 5.74) is 2.83. The smallest absolute Gasteiger partial charge is 0.191 e. The first-order valence-electron chi connectivity index (χ1n) is 10.3. The van der Waals surface area contributed by atoms with Gasteiger partial charge in [-0.05, 0) is 44.2 Å². The second kappa shape index (κ2) is 12.5. The summed E-state index contributed by atoms with van der Waals surface area (Å²) < 4.78 is 11.3. The van der Waals surface area contributed by atoms with Gasteiger partial charge in [0.25, 0.3) is 0 Å². The average molecular weight is 502 g/mol. The van der Waals surface area contributed by atoms with E-state index in [2.05, 4.69) is 51.7 Å². The minimum absolute atomic E-state index is 0. The lowest BCUT2D eigenvalue weighted by Crippen LogP contribution is -2.43. The Bertz CT molecular complexity index is 608. The quantitative estimate of drug-likeness (QED) is 0.236. The van der Waals surface area contributed by atoms with Crippen LogP contribution in [0.15, 0.2) is 29.3 Å². The van der Waals surface area contributed by atoms with Crippen LogP contribution >= 0.6 is 24.0 Å². The fourth-order valence-corrected chi connectivity index (χ4v) is 3.86. The Morgan fingerprint density at radius 2 is 2.11 bits per heavy atom. The number of halogens is 1. The van der Waals surface area contributed by atoms with Crippen molar-refractivity contribution in [2.75, 3.05) is 51.4 Å². The molecule has 3 rings (SSSR count). The summed E-state index contributed by atoms with van der Waals surface area (Å²) in [5.74, 6) is 0.856. The van der Waals surface area contributed by atoms with Gasteiger partial charge in [-0.3, -0.25) is 4.99 Å². The molecule has 2 N–H and O–H groups in total. The molecule has 1 saturated heterocycles. The third kappa shape index (κ3) is 6.77. The van der Waals surface area contributed by atoms with E-state index in [9.17, 15) is 0 Å². The van der Waals surface area contributed by atoms with Crippen LogP contribution in [0, 0.1) is 0 Å². The first-order valence-corrected chi connectivity index (χ1v) is 10.3. The highest BCUT2D eigenvalue weighted by Crippen LogP contribution is 2.31. The van der Waals surface area contributed by atoms with Crippen molar-refractivity contribution in [3.05, 3.63) is 29.8 Å². The number of guanidine groups is 1. The summed E-state index contributed by atoms with van der Waals surface area (Å²) in [6.07, 6.45) is 4.71. The molecule has 7 heteroatoms. The number of para-hydroxylation sites is 1. The van der Waals surface area contributed by atoms with Crippen LogP contribution in [0.5, 0.6) is 0 Å². The Kier molecular flexibility index (Phi) is 10.4. The van der Waals surface area contributed by atoms with Crippen molar-refractivity contribution < 1.29 is 9.47 Å². The molecular formula is C21H35IN4O2. The third-order valence-corrected chi connectivity index (χ3v) is 5.30. The lowest BCUT2D eigenvalue weighted by atomic mass is 10.1. The largest absolute Gasteiger partial charge is 0.379 e. The Labute approximate surface area is 186 Å². The molecule has 2 aliphatic heterocycles. The van der Waals surface area contributed by atoms with Gasteiger partial charge in [-0.25, -0.2) is 0 Å². The number of hydrogen-bond donors (Lipinski definition) is 2. The highest BCUT2D eigenvalue weighted by molar-refractivity contribution is 14.0. The Balaban J connectivity index is 0.00000280. The predicted octanol–water partition coefficient (Wildman–Crippen LogP) is 2.81. The molecule has 1 fully saturated rings. The van der Waals surface area contributed by atoms with Crippen molar-refractivity contribution in [3.63, 3.8) is 0 Å². The molecule has 2 aliphatic rings. The van der Waals surface area contributed by atoms with Crippen LogP contribution in [-0.2, 0) is 15.9 Å². The number of ether oxygens (including phenoxy) is 2. The molecule has 1 aromatic rings. The van der Waals surface area contributed by atoms with E-state index in [1.54, 1.807) is 0 Å². The van der Waals surface area contributed by atoms with Gasteiger partial charge in [-0.1, -0.05) is 18.2 Å². The standard InChI is InChI=1S/C21H34N4O2.HI/c1-17-15-18-7-3-4-9-20(18)25(17)12-11-24-21(22-2)23-10-6-13-26-16-19-8-5-14-27-19;/h3-4,7,9,17,19H,5-6,8,10-16H2,1-2H3,(H2,22,23,24);1H. The number of fused-ring (bicyclic) bond motifs is 1. The van der Waals surface area contributed by atoms with Crippen LogP contribution in [0.25, 0.3) is 0 Å². The molecule has 2 unspecified atom stereocenters. The summed E-state index contributed by atoms with van der Waals surface area (Å²) in [6.45, 7) is 7.36. The van der Waals surface area contributed by atoms with Crippen molar-refractivity contribution in [2.45, 2.75) is 44.8 Å². The van der Waals surface area contributed by atoms with Gasteiger partial charge < -0.3 is 25.0 Å². The first kappa shape index (κ1) is 23.2. The zero-order valence-electron chi connectivity index (χ0n) is 17.2. The van der Waals surface area contributed by atoms with Crippen LogP contribution < -0.4 is 15.5 Å². The molecule has 0 aromatic heterocycles. The van der Waals surface area contributed by atoms with Crippen LogP contribution in [0.3, 0.4) is 0 Å². The molecular weight excluding hydrogens is 467 g/mol. The van der Waals surface area contributed by atoms with Crippen molar-refractivity contribution in [1.82, 2.24) is 10.6 Å². The molecule has 0 radical (unpaired) electrons. The summed E-state index contributed by atoms with van der Waals surface area (Å²) in [5, 5.41) is 6.78. The van der Waals surface area contributed by atoms with Crippen molar-refractivity contribution in [3.8, 4) is 0 Å². The zero-order valence-corrected chi connectivity index (χ0v) is 19.5.